The van der Waals surface area contributed by atoms with E-state index in [4.69, 9.17) is 11.1 Å². The van der Waals surface area contributed by atoms with E-state index in [9.17, 15) is 14.7 Å². The summed E-state index contributed by atoms with van der Waals surface area (Å²) >= 11 is 0. The Morgan fingerprint density at radius 1 is 1.13 bits per heavy atom. The number of aryl methyl sites for hydroxylation is 1. The SMILES string of the molecule is Br.Br.Cn1c(-c2ccc(C(=N)N)cc2)nc2cc(C(=O)N3CCCC3C(=O)O)ccc21. The van der Waals surface area contributed by atoms with Crippen LogP contribution in [0.25, 0.3) is 22.4 Å². The predicted octanol–water partition coefficient (Wildman–Crippen LogP) is 3.37. The molecule has 164 valence electrons. The van der Waals surface area contributed by atoms with Gasteiger partial charge in [-0.3, -0.25) is 10.2 Å². The van der Waals surface area contributed by atoms with Gasteiger partial charge >= 0.3 is 5.97 Å². The van der Waals surface area contributed by atoms with Gasteiger partial charge in [0.25, 0.3) is 5.91 Å². The van der Waals surface area contributed by atoms with Crippen molar-refractivity contribution in [3.8, 4) is 11.4 Å². The fourth-order valence-corrected chi connectivity index (χ4v) is 3.82. The number of hydrogen-bond acceptors (Lipinski definition) is 4. The van der Waals surface area contributed by atoms with Gasteiger partial charge in [-0.2, -0.15) is 0 Å². The Morgan fingerprint density at radius 2 is 1.77 bits per heavy atom. The van der Waals surface area contributed by atoms with Gasteiger partial charge in [0.15, 0.2) is 0 Å². The summed E-state index contributed by atoms with van der Waals surface area (Å²) in [4.78, 5) is 30.4. The van der Waals surface area contributed by atoms with Crippen LogP contribution in [0.5, 0.6) is 0 Å². The number of rotatable bonds is 4. The molecule has 2 heterocycles. The topological polar surface area (TPSA) is 125 Å². The summed E-state index contributed by atoms with van der Waals surface area (Å²) in [7, 11) is 1.89. The Kier molecular flexibility index (Phi) is 7.61. The van der Waals surface area contributed by atoms with Gasteiger partial charge in [-0.15, -0.1) is 34.0 Å². The number of amides is 1. The number of amidine groups is 1. The van der Waals surface area contributed by atoms with Crippen molar-refractivity contribution in [3.05, 3.63) is 53.6 Å². The van der Waals surface area contributed by atoms with E-state index in [1.807, 2.05) is 29.8 Å². The van der Waals surface area contributed by atoms with Gasteiger partial charge < -0.3 is 20.3 Å². The lowest BCUT2D eigenvalue weighted by molar-refractivity contribution is -0.141. The van der Waals surface area contributed by atoms with E-state index in [1.165, 1.54) is 4.90 Å². The Balaban J connectivity index is 0.00000171. The first-order valence-corrected chi connectivity index (χ1v) is 9.32. The Bertz CT molecular complexity index is 1140. The number of carboxylic acids is 1. The number of halogens is 2. The molecule has 1 aliphatic rings. The van der Waals surface area contributed by atoms with Crippen LogP contribution in [0, 0.1) is 5.41 Å². The number of nitrogens with two attached hydrogens (primary N) is 1. The number of nitrogens with zero attached hydrogens (tertiary/aromatic N) is 3. The predicted molar refractivity (Wildman–Crippen MR) is 130 cm³/mol. The van der Waals surface area contributed by atoms with Crippen LogP contribution in [-0.2, 0) is 11.8 Å². The van der Waals surface area contributed by atoms with Gasteiger partial charge in [0, 0.05) is 30.3 Å². The zero-order chi connectivity index (χ0) is 20.7. The standard InChI is InChI=1S/C21H21N5O3.2BrH/c1-25-16-9-8-14(20(27)26-10-2-3-17(26)21(28)29)11-15(16)24-19(25)13-6-4-12(5-7-13)18(22)23;;/h4-9,11,17H,2-3,10H2,1H3,(H3,22,23)(H,28,29);2*1H. The third-order valence-electron chi connectivity index (χ3n) is 5.38. The van der Waals surface area contributed by atoms with Crippen LogP contribution in [0.4, 0.5) is 0 Å². The summed E-state index contributed by atoms with van der Waals surface area (Å²) in [5, 5.41) is 16.8. The fourth-order valence-electron chi connectivity index (χ4n) is 3.82. The fraction of sp³-hybridized carbons (Fsp3) is 0.238. The monoisotopic (exact) mass is 551 g/mol. The first kappa shape index (κ1) is 24.5. The van der Waals surface area contributed by atoms with Gasteiger partial charge in [0.1, 0.15) is 17.7 Å². The van der Waals surface area contributed by atoms with Crippen LogP contribution in [0.3, 0.4) is 0 Å². The molecule has 8 nitrogen and oxygen atoms in total. The van der Waals surface area contributed by atoms with Crippen LogP contribution in [0.2, 0.25) is 0 Å². The summed E-state index contributed by atoms with van der Waals surface area (Å²) in [6, 6.07) is 11.7. The Hall–Kier alpha value is -2.72. The smallest absolute Gasteiger partial charge is 0.326 e. The molecule has 4 rings (SSSR count). The number of nitrogens with one attached hydrogen (secondary N) is 1. The lowest BCUT2D eigenvalue weighted by atomic mass is 10.1. The zero-order valence-corrected chi connectivity index (χ0v) is 20.2. The van der Waals surface area contributed by atoms with Gasteiger partial charge in [0.05, 0.1) is 11.0 Å². The highest BCUT2D eigenvalue weighted by Gasteiger charge is 2.34. The van der Waals surface area contributed by atoms with Crippen LogP contribution < -0.4 is 5.73 Å². The second-order valence-electron chi connectivity index (χ2n) is 7.18. The van der Waals surface area contributed by atoms with Gasteiger partial charge in [0.2, 0.25) is 0 Å². The number of benzene rings is 2. The number of nitrogen functional groups attached to an aromatic ring is 1. The molecule has 2 aromatic carbocycles. The largest absolute Gasteiger partial charge is 0.480 e. The molecular formula is C21H23Br2N5O3. The Labute approximate surface area is 200 Å². The van der Waals surface area contributed by atoms with Crippen molar-refractivity contribution in [1.82, 2.24) is 14.5 Å². The van der Waals surface area contributed by atoms with E-state index < -0.39 is 12.0 Å². The molecule has 1 unspecified atom stereocenters. The van der Waals surface area contributed by atoms with Crippen molar-refractivity contribution < 1.29 is 14.7 Å². The normalized spacial score (nSPS) is 15.3. The average molecular weight is 553 g/mol. The molecule has 1 fully saturated rings. The van der Waals surface area contributed by atoms with Crippen LogP contribution in [0.1, 0.15) is 28.8 Å². The number of aromatic nitrogens is 2. The summed E-state index contributed by atoms with van der Waals surface area (Å²) in [6.07, 6.45) is 1.17. The lowest BCUT2D eigenvalue weighted by Gasteiger charge is -2.21. The number of carbonyl (C=O) groups is 2. The number of carbonyl (C=O) groups excluding carboxylic acids is 1. The van der Waals surface area contributed by atoms with Crippen LogP contribution in [0.15, 0.2) is 42.5 Å². The number of aliphatic carboxylic acids is 1. The summed E-state index contributed by atoms with van der Waals surface area (Å²) in [6.45, 7) is 0.448. The molecule has 0 radical (unpaired) electrons. The van der Waals surface area contributed by atoms with E-state index in [2.05, 4.69) is 4.98 Å². The first-order chi connectivity index (χ1) is 13.9. The molecule has 3 aromatic rings. The molecular weight excluding hydrogens is 530 g/mol. The molecule has 4 N–H and O–H groups in total. The summed E-state index contributed by atoms with van der Waals surface area (Å²) < 4.78 is 1.93. The average Bonchev–Trinajstić information content (AvgIpc) is 3.32. The number of likely N-dealkylation sites (tertiary alicyclic amines) is 1. The molecule has 1 aliphatic heterocycles. The van der Waals surface area contributed by atoms with Crippen LogP contribution >= 0.6 is 34.0 Å². The lowest BCUT2D eigenvalue weighted by Crippen LogP contribution is -2.40. The molecule has 1 atom stereocenters. The molecule has 1 saturated heterocycles. The summed E-state index contributed by atoms with van der Waals surface area (Å²) in [5.41, 5.74) is 8.97. The third kappa shape index (κ3) is 4.49. The maximum Gasteiger partial charge on any atom is 0.326 e. The molecule has 0 spiro atoms. The van der Waals surface area contributed by atoms with E-state index in [0.29, 0.717) is 36.0 Å². The molecule has 0 bridgehead atoms. The minimum Gasteiger partial charge on any atom is -0.480 e. The number of hydrogen-bond donors (Lipinski definition) is 3. The molecule has 0 saturated carbocycles. The third-order valence-corrected chi connectivity index (χ3v) is 5.38. The second kappa shape index (κ2) is 9.61. The van der Waals surface area contributed by atoms with E-state index in [1.54, 1.807) is 24.3 Å². The minimum absolute atomic E-state index is 0. The van der Waals surface area contributed by atoms with Gasteiger partial charge in [-0.1, -0.05) is 24.3 Å². The van der Waals surface area contributed by atoms with E-state index in [0.717, 1.165) is 16.9 Å². The van der Waals surface area contributed by atoms with Crippen LogP contribution in [-0.4, -0.2) is 49.9 Å². The highest BCUT2D eigenvalue weighted by atomic mass is 79.9. The summed E-state index contributed by atoms with van der Waals surface area (Å²) in [5.74, 6) is -0.517. The zero-order valence-electron chi connectivity index (χ0n) is 16.7. The highest BCUT2D eigenvalue weighted by Crippen LogP contribution is 2.26. The molecule has 10 heteroatoms. The molecule has 31 heavy (non-hydrogen) atoms. The highest BCUT2D eigenvalue weighted by molar-refractivity contribution is 8.93. The molecule has 1 aromatic heterocycles. The quantitative estimate of drug-likeness (QED) is 0.338. The van der Waals surface area contributed by atoms with E-state index in [-0.39, 0.29) is 45.7 Å². The maximum absolute atomic E-state index is 12.9. The van der Waals surface area contributed by atoms with Gasteiger partial charge in [-0.25, -0.2) is 9.78 Å². The maximum atomic E-state index is 12.9. The second-order valence-corrected chi connectivity index (χ2v) is 7.18. The van der Waals surface area contributed by atoms with Crippen molar-refractivity contribution in [3.63, 3.8) is 0 Å². The number of imidazole rings is 1. The first-order valence-electron chi connectivity index (χ1n) is 9.32. The van der Waals surface area contributed by atoms with Crippen molar-refractivity contribution in [2.45, 2.75) is 18.9 Å². The molecule has 0 aliphatic carbocycles. The number of fused-ring (bicyclic) bond motifs is 1. The number of carboxylic acid groups (broad SMARTS) is 1. The van der Waals surface area contributed by atoms with Crippen molar-refractivity contribution >= 4 is 62.7 Å². The Morgan fingerprint density at radius 3 is 2.39 bits per heavy atom. The van der Waals surface area contributed by atoms with Crippen molar-refractivity contribution in [2.24, 2.45) is 12.8 Å². The van der Waals surface area contributed by atoms with Crippen molar-refractivity contribution in [2.75, 3.05) is 6.54 Å². The van der Waals surface area contributed by atoms with Gasteiger partial charge in [-0.05, 0) is 31.0 Å². The minimum atomic E-state index is -0.967. The van der Waals surface area contributed by atoms with Crippen molar-refractivity contribution in [1.29, 1.82) is 5.41 Å². The van der Waals surface area contributed by atoms with E-state index >= 15 is 0 Å². The molecule has 1 amide bonds.